The summed E-state index contributed by atoms with van der Waals surface area (Å²) in [5.74, 6) is -0.345. The average Bonchev–Trinajstić information content (AvgIpc) is 3.12. The van der Waals surface area contributed by atoms with Crippen molar-refractivity contribution in [3.8, 4) is 0 Å². The highest BCUT2D eigenvalue weighted by atomic mass is 32.2. The van der Waals surface area contributed by atoms with Crippen LogP contribution in [0, 0.1) is 0 Å². The third kappa shape index (κ3) is 4.36. The number of carbonyl (C=O) groups is 1. The van der Waals surface area contributed by atoms with Gasteiger partial charge >= 0.3 is 0 Å². The molecule has 0 spiro atoms. The number of carbonyl (C=O) groups excluding carboxylic acids is 1. The second-order valence-corrected chi connectivity index (χ2v) is 7.88. The lowest BCUT2D eigenvalue weighted by atomic mass is 10.1. The van der Waals surface area contributed by atoms with Gasteiger partial charge < -0.3 is 14.8 Å². The first-order valence-electron chi connectivity index (χ1n) is 8.39. The highest BCUT2D eigenvalue weighted by molar-refractivity contribution is 7.89. The van der Waals surface area contributed by atoms with Gasteiger partial charge in [0.25, 0.3) is 5.91 Å². The molecule has 0 saturated heterocycles. The summed E-state index contributed by atoms with van der Waals surface area (Å²) in [5, 5.41) is 13.3. The molecule has 0 radical (unpaired) electrons. The van der Waals surface area contributed by atoms with Crippen LogP contribution in [0.2, 0.25) is 0 Å². The molecular weight excluding hydrogens is 368 g/mol. The Morgan fingerprint density at radius 3 is 2.59 bits per heavy atom. The number of amides is 1. The van der Waals surface area contributed by atoms with Crippen molar-refractivity contribution in [2.45, 2.75) is 17.4 Å². The highest BCUT2D eigenvalue weighted by Crippen LogP contribution is 2.23. The van der Waals surface area contributed by atoms with E-state index in [1.165, 1.54) is 31.3 Å². The van der Waals surface area contributed by atoms with Crippen molar-refractivity contribution in [2.75, 3.05) is 13.6 Å². The van der Waals surface area contributed by atoms with E-state index in [1.807, 2.05) is 30.3 Å². The standard InChI is InChI=1S/C19H20N2O5S/c1-20-27(24,25)15-7-8-17-14(11-15)12-18(26-17)19(23)21-10-9-16(22)13-5-3-2-4-6-13/h2-8,11-12,16,20,22H,9-10H2,1H3,(H,21,23). The van der Waals surface area contributed by atoms with Crippen LogP contribution in [0.25, 0.3) is 11.0 Å². The van der Waals surface area contributed by atoms with Gasteiger partial charge in [0.15, 0.2) is 5.76 Å². The van der Waals surface area contributed by atoms with Gasteiger partial charge in [-0.1, -0.05) is 30.3 Å². The Balaban J connectivity index is 1.65. The minimum atomic E-state index is -3.57. The quantitative estimate of drug-likeness (QED) is 0.575. The summed E-state index contributed by atoms with van der Waals surface area (Å²) < 4.78 is 31.5. The molecule has 142 valence electrons. The first kappa shape index (κ1) is 19.1. The molecule has 0 aliphatic carbocycles. The minimum absolute atomic E-state index is 0.0817. The van der Waals surface area contributed by atoms with E-state index in [4.69, 9.17) is 4.42 Å². The molecule has 0 bridgehead atoms. The van der Waals surface area contributed by atoms with Gasteiger partial charge in [-0.15, -0.1) is 0 Å². The largest absolute Gasteiger partial charge is 0.451 e. The average molecular weight is 388 g/mol. The lowest BCUT2D eigenvalue weighted by Crippen LogP contribution is -2.25. The molecule has 1 atom stereocenters. The molecule has 8 heteroatoms. The number of benzene rings is 2. The van der Waals surface area contributed by atoms with Crippen molar-refractivity contribution in [1.29, 1.82) is 0 Å². The van der Waals surface area contributed by atoms with Crippen LogP contribution in [-0.4, -0.2) is 33.0 Å². The molecule has 3 N–H and O–H groups in total. The number of nitrogens with one attached hydrogen (secondary N) is 2. The van der Waals surface area contributed by atoms with E-state index in [2.05, 4.69) is 10.0 Å². The van der Waals surface area contributed by atoms with E-state index in [1.54, 1.807) is 0 Å². The van der Waals surface area contributed by atoms with E-state index in [-0.39, 0.29) is 17.2 Å². The van der Waals surface area contributed by atoms with Crippen molar-refractivity contribution in [1.82, 2.24) is 10.0 Å². The van der Waals surface area contributed by atoms with Gasteiger partial charge in [-0.25, -0.2) is 13.1 Å². The fourth-order valence-corrected chi connectivity index (χ4v) is 3.43. The zero-order valence-corrected chi connectivity index (χ0v) is 15.5. The Hall–Kier alpha value is -2.68. The van der Waals surface area contributed by atoms with Crippen LogP contribution in [0.1, 0.15) is 28.6 Å². The molecule has 0 saturated carbocycles. The first-order chi connectivity index (χ1) is 12.9. The zero-order valence-electron chi connectivity index (χ0n) is 14.7. The van der Waals surface area contributed by atoms with Gasteiger partial charge in [0.05, 0.1) is 11.0 Å². The maximum absolute atomic E-state index is 12.3. The van der Waals surface area contributed by atoms with Crippen LogP contribution >= 0.6 is 0 Å². The SMILES string of the molecule is CNS(=O)(=O)c1ccc2oc(C(=O)NCCC(O)c3ccccc3)cc2c1. The summed E-state index contributed by atoms with van der Waals surface area (Å²) in [6.45, 7) is 0.269. The van der Waals surface area contributed by atoms with Gasteiger partial charge in [-0.3, -0.25) is 4.79 Å². The van der Waals surface area contributed by atoms with Crippen LogP contribution in [0.5, 0.6) is 0 Å². The van der Waals surface area contributed by atoms with E-state index in [0.29, 0.717) is 17.4 Å². The second-order valence-electron chi connectivity index (χ2n) is 5.99. The normalized spacial score (nSPS) is 12.8. The molecule has 3 rings (SSSR count). The summed E-state index contributed by atoms with van der Waals surface area (Å²) in [4.78, 5) is 12.3. The van der Waals surface area contributed by atoms with Crippen LogP contribution in [-0.2, 0) is 10.0 Å². The fourth-order valence-electron chi connectivity index (χ4n) is 2.67. The Morgan fingerprint density at radius 2 is 1.89 bits per heavy atom. The summed E-state index contributed by atoms with van der Waals surface area (Å²) >= 11 is 0. The van der Waals surface area contributed by atoms with Gasteiger partial charge in [0.1, 0.15) is 5.58 Å². The number of sulfonamides is 1. The third-order valence-electron chi connectivity index (χ3n) is 4.18. The number of fused-ring (bicyclic) bond motifs is 1. The Morgan fingerprint density at radius 1 is 1.15 bits per heavy atom. The van der Waals surface area contributed by atoms with Crippen LogP contribution in [0.15, 0.2) is 63.9 Å². The number of aliphatic hydroxyl groups excluding tert-OH is 1. The van der Waals surface area contributed by atoms with Crippen molar-refractivity contribution in [3.05, 3.63) is 65.9 Å². The molecule has 0 aliphatic rings. The molecule has 0 aliphatic heterocycles. The molecule has 1 aromatic heterocycles. The van der Waals surface area contributed by atoms with Gasteiger partial charge in [-0.05, 0) is 43.3 Å². The van der Waals surface area contributed by atoms with Gasteiger partial charge in [0.2, 0.25) is 10.0 Å². The topological polar surface area (TPSA) is 109 Å². The van der Waals surface area contributed by atoms with E-state index >= 15 is 0 Å². The molecule has 27 heavy (non-hydrogen) atoms. The third-order valence-corrected chi connectivity index (χ3v) is 5.59. The fraction of sp³-hybridized carbons (Fsp3) is 0.211. The second kappa shape index (κ2) is 7.91. The van der Waals surface area contributed by atoms with Gasteiger partial charge in [-0.2, -0.15) is 0 Å². The molecule has 2 aromatic carbocycles. The molecule has 0 fully saturated rings. The molecule has 1 heterocycles. The molecular formula is C19H20N2O5S. The summed E-state index contributed by atoms with van der Waals surface area (Å²) in [5.41, 5.74) is 1.20. The smallest absolute Gasteiger partial charge is 0.287 e. The lowest BCUT2D eigenvalue weighted by Gasteiger charge is -2.10. The van der Waals surface area contributed by atoms with Crippen LogP contribution in [0.4, 0.5) is 0 Å². The van der Waals surface area contributed by atoms with E-state index in [0.717, 1.165) is 5.56 Å². The molecule has 1 amide bonds. The summed E-state index contributed by atoms with van der Waals surface area (Å²) in [6.07, 6.45) is -0.308. The van der Waals surface area contributed by atoms with Crippen LogP contribution < -0.4 is 10.0 Å². The van der Waals surface area contributed by atoms with Crippen molar-refractivity contribution < 1.29 is 22.7 Å². The number of hydrogen-bond acceptors (Lipinski definition) is 5. The summed E-state index contributed by atoms with van der Waals surface area (Å²) in [7, 11) is -2.24. The van der Waals surface area contributed by atoms with Crippen molar-refractivity contribution >= 4 is 26.9 Å². The van der Waals surface area contributed by atoms with Crippen LogP contribution in [0.3, 0.4) is 0 Å². The zero-order chi connectivity index (χ0) is 19.4. The monoisotopic (exact) mass is 388 g/mol. The van der Waals surface area contributed by atoms with E-state index < -0.39 is 22.0 Å². The molecule has 1 unspecified atom stereocenters. The molecule has 3 aromatic rings. The maximum atomic E-state index is 12.3. The molecule has 7 nitrogen and oxygen atoms in total. The predicted octanol–water partition coefficient (Wildman–Crippen LogP) is 2.19. The number of rotatable bonds is 7. The number of hydrogen-bond donors (Lipinski definition) is 3. The van der Waals surface area contributed by atoms with Crippen molar-refractivity contribution in [2.24, 2.45) is 0 Å². The lowest BCUT2D eigenvalue weighted by molar-refractivity contribution is 0.0917. The number of furan rings is 1. The Labute approximate surface area is 157 Å². The highest BCUT2D eigenvalue weighted by Gasteiger charge is 2.16. The first-order valence-corrected chi connectivity index (χ1v) is 9.87. The maximum Gasteiger partial charge on any atom is 0.287 e. The van der Waals surface area contributed by atoms with E-state index in [9.17, 15) is 18.3 Å². The summed E-state index contributed by atoms with van der Waals surface area (Å²) in [6, 6.07) is 15.1. The van der Waals surface area contributed by atoms with Gasteiger partial charge in [0, 0.05) is 11.9 Å². The van der Waals surface area contributed by atoms with Crippen molar-refractivity contribution in [3.63, 3.8) is 0 Å². The predicted molar refractivity (Wildman–Crippen MR) is 101 cm³/mol. The Kier molecular flexibility index (Phi) is 5.59. The number of aliphatic hydroxyl groups is 1. The Bertz CT molecular complexity index is 1040. The minimum Gasteiger partial charge on any atom is -0.451 e.